The highest BCUT2D eigenvalue weighted by Gasteiger charge is 1.73. The monoisotopic (exact) mass is 130 g/mol. The molecule has 0 aromatic carbocycles. The molecule has 0 saturated carbocycles. The molecule has 0 unspecified atom stereocenters. The van der Waals surface area contributed by atoms with E-state index in [1.165, 1.54) is 12.5 Å². The van der Waals surface area contributed by atoms with Crippen LogP contribution in [0, 0.1) is 0 Å². The van der Waals surface area contributed by atoms with Crippen molar-refractivity contribution in [3.05, 3.63) is 12.5 Å². The van der Waals surface area contributed by atoms with Crippen LogP contribution >= 0.6 is 0 Å². The van der Waals surface area contributed by atoms with E-state index in [0.29, 0.717) is 12.9 Å². The van der Waals surface area contributed by atoms with E-state index in [4.69, 9.17) is 4.74 Å². The van der Waals surface area contributed by atoms with Gasteiger partial charge >= 0.3 is 0 Å². The highest BCUT2D eigenvalue weighted by Crippen LogP contribution is 1.77. The van der Waals surface area contributed by atoms with Gasteiger partial charge in [-0.1, -0.05) is 0 Å². The molecule has 9 heavy (non-hydrogen) atoms. The highest BCUT2D eigenvalue weighted by atomic mass is 16.5. The normalized spacial score (nSPS) is 9.44. The molecule has 52 valence electrons. The number of carbonyl (C=O) groups excluding carboxylic acids is 1. The molecule has 0 saturated heterocycles. The van der Waals surface area contributed by atoms with E-state index in [1.54, 1.807) is 0 Å². The second-order valence-corrected chi connectivity index (χ2v) is 1.23. The van der Waals surface area contributed by atoms with Crippen LogP contribution in [-0.2, 0) is 14.3 Å². The number of hydrogen-bond acceptors (Lipinski definition) is 3. The molecule has 0 amide bonds. The molecule has 0 radical (unpaired) electrons. The van der Waals surface area contributed by atoms with Gasteiger partial charge in [-0.15, -0.1) is 0 Å². The molecule has 0 heterocycles. The molecule has 0 atom stereocenters. The molecule has 0 aliphatic heterocycles. The van der Waals surface area contributed by atoms with Crippen LogP contribution in [0.3, 0.4) is 0 Å². The number of aldehydes is 1. The van der Waals surface area contributed by atoms with Crippen LogP contribution in [0.4, 0.5) is 0 Å². The number of rotatable bonds is 5. The third-order valence-corrected chi connectivity index (χ3v) is 0.579. The number of hydrogen-bond donors (Lipinski definition) is 0. The predicted octanol–water partition coefficient (Wildman–Crippen LogP) is 0.710. The van der Waals surface area contributed by atoms with Crippen LogP contribution in [-0.4, -0.2) is 19.5 Å². The fraction of sp³-hybridized carbons (Fsp3) is 0.500. The summed E-state index contributed by atoms with van der Waals surface area (Å²) >= 11 is 0. The van der Waals surface area contributed by atoms with Gasteiger partial charge in [0.1, 0.15) is 19.1 Å². The molecule has 0 bridgehead atoms. The van der Waals surface area contributed by atoms with E-state index in [-0.39, 0.29) is 6.61 Å². The molecule has 0 aromatic heterocycles. The lowest BCUT2D eigenvalue weighted by Crippen LogP contribution is -1.86. The molecular formula is C6H10O3. The maximum atomic E-state index is 9.64. The minimum Gasteiger partial charge on any atom is -0.498 e. The average Bonchev–Trinajstić information content (AvgIpc) is 1.89. The quantitative estimate of drug-likeness (QED) is 0.312. The van der Waals surface area contributed by atoms with Crippen molar-refractivity contribution >= 4 is 6.29 Å². The lowest BCUT2D eigenvalue weighted by Gasteiger charge is -1.92. The van der Waals surface area contributed by atoms with Crippen molar-refractivity contribution in [2.24, 2.45) is 0 Å². The molecule has 0 rings (SSSR count). The Kier molecular flexibility index (Phi) is 6.24. The molecule has 0 aromatic rings. The molecule has 0 aliphatic carbocycles. The van der Waals surface area contributed by atoms with E-state index in [9.17, 15) is 4.79 Å². The van der Waals surface area contributed by atoms with Crippen molar-refractivity contribution in [2.75, 3.05) is 13.2 Å². The summed E-state index contributed by atoms with van der Waals surface area (Å²) in [5.74, 6) is 0. The lowest BCUT2D eigenvalue weighted by molar-refractivity contribution is -0.110. The van der Waals surface area contributed by atoms with Gasteiger partial charge in [-0.3, -0.25) is 4.79 Å². The molecule has 3 nitrogen and oxygen atoms in total. The van der Waals surface area contributed by atoms with E-state index >= 15 is 0 Å². The summed E-state index contributed by atoms with van der Waals surface area (Å²) in [6.07, 6.45) is 3.43. The minimum atomic E-state index is 0.0869. The average molecular weight is 130 g/mol. The van der Waals surface area contributed by atoms with Gasteiger partial charge in [-0.2, -0.15) is 0 Å². The second kappa shape index (κ2) is 7.01. The van der Waals surface area contributed by atoms with Gasteiger partial charge in [0.15, 0.2) is 6.29 Å². The minimum absolute atomic E-state index is 0.0869. The SMILES string of the molecule is CCOC=COCC=O. The van der Waals surface area contributed by atoms with Crippen LogP contribution in [0.25, 0.3) is 0 Å². The van der Waals surface area contributed by atoms with Crippen LogP contribution in [0.5, 0.6) is 0 Å². The Morgan fingerprint density at radius 3 is 2.56 bits per heavy atom. The molecule has 3 heteroatoms. The summed E-state index contributed by atoms with van der Waals surface area (Å²) in [4.78, 5) is 9.64. The van der Waals surface area contributed by atoms with Gasteiger partial charge in [0.05, 0.1) is 6.61 Å². The zero-order valence-electron chi connectivity index (χ0n) is 5.37. The molecule has 0 fully saturated rings. The van der Waals surface area contributed by atoms with Gasteiger partial charge in [0.2, 0.25) is 0 Å². The first-order valence-corrected chi connectivity index (χ1v) is 2.73. The predicted molar refractivity (Wildman–Crippen MR) is 32.8 cm³/mol. The Morgan fingerprint density at radius 2 is 2.00 bits per heavy atom. The summed E-state index contributed by atoms with van der Waals surface area (Å²) in [6, 6.07) is 0. The first kappa shape index (κ1) is 8.01. The Balaban J connectivity index is 2.94. The molecule has 0 spiro atoms. The largest absolute Gasteiger partial charge is 0.498 e. The highest BCUT2D eigenvalue weighted by molar-refractivity contribution is 5.50. The van der Waals surface area contributed by atoms with Crippen molar-refractivity contribution < 1.29 is 14.3 Å². The summed E-state index contributed by atoms with van der Waals surface area (Å²) in [7, 11) is 0. The Labute approximate surface area is 54.3 Å². The fourth-order valence-corrected chi connectivity index (χ4v) is 0.270. The topological polar surface area (TPSA) is 35.5 Å². The van der Waals surface area contributed by atoms with Crippen molar-refractivity contribution in [1.82, 2.24) is 0 Å². The van der Waals surface area contributed by atoms with E-state index in [2.05, 4.69) is 4.74 Å². The summed E-state index contributed by atoms with van der Waals surface area (Å²) < 4.78 is 9.37. The summed E-state index contributed by atoms with van der Waals surface area (Å²) in [6.45, 7) is 2.56. The van der Waals surface area contributed by atoms with Crippen molar-refractivity contribution in [2.45, 2.75) is 6.92 Å². The summed E-state index contributed by atoms with van der Waals surface area (Å²) in [5, 5.41) is 0. The Morgan fingerprint density at radius 1 is 1.33 bits per heavy atom. The van der Waals surface area contributed by atoms with Gasteiger partial charge in [0, 0.05) is 0 Å². The third-order valence-electron chi connectivity index (χ3n) is 0.579. The van der Waals surface area contributed by atoms with Gasteiger partial charge in [0.25, 0.3) is 0 Å². The molecule has 0 aliphatic rings. The van der Waals surface area contributed by atoms with Crippen molar-refractivity contribution in [3.63, 3.8) is 0 Å². The fourth-order valence-electron chi connectivity index (χ4n) is 0.270. The van der Waals surface area contributed by atoms with Crippen LogP contribution < -0.4 is 0 Å². The lowest BCUT2D eigenvalue weighted by atomic mass is 10.8. The number of carbonyl (C=O) groups is 1. The van der Waals surface area contributed by atoms with E-state index in [1.807, 2.05) is 6.92 Å². The maximum absolute atomic E-state index is 9.64. The second-order valence-electron chi connectivity index (χ2n) is 1.23. The van der Waals surface area contributed by atoms with Gasteiger partial charge in [-0.05, 0) is 6.92 Å². The summed E-state index contributed by atoms with van der Waals surface area (Å²) in [5.41, 5.74) is 0. The van der Waals surface area contributed by atoms with Crippen molar-refractivity contribution in [3.8, 4) is 0 Å². The van der Waals surface area contributed by atoms with Crippen LogP contribution in [0.2, 0.25) is 0 Å². The standard InChI is InChI=1S/C6H10O3/c1-2-8-5-6-9-4-3-7/h3,5-6H,2,4H2,1H3. The molecule has 0 N–H and O–H groups in total. The van der Waals surface area contributed by atoms with Gasteiger partial charge < -0.3 is 9.47 Å². The zero-order valence-corrected chi connectivity index (χ0v) is 5.37. The maximum Gasteiger partial charge on any atom is 0.157 e. The van der Waals surface area contributed by atoms with Crippen LogP contribution in [0.15, 0.2) is 12.5 Å². The van der Waals surface area contributed by atoms with E-state index < -0.39 is 0 Å². The van der Waals surface area contributed by atoms with Crippen molar-refractivity contribution in [1.29, 1.82) is 0 Å². The Bertz CT molecular complexity index is 88.3. The first-order chi connectivity index (χ1) is 4.41. The van der Waals surface area contributed by atoms with Gasteiger partial charge in [-0.25, -0.2) is 0 Å². The first-order valence-electron chi connectivity index (χ1n) is 2.73. The number of ether oxygens (including phenoxy) is 2. The van der Waals surface area contributed by atoms with Crippen LogP contribution in [0.1, 0.15) is 6.92 Å². The third kappa shape index (κ3) is 7.01. The molecular weight excluding hydrogens is 120 g/mol. The Hall–Kier alpha value is -0.990. The van der Waals surface area contributed by atoms with E-state index in [0.717, 1.165) is 0 Å². The smallest absolute Gasteiger partial charge is 0.157 e. The zero-order chi connectivity index (χ0) is 6.95.